The maximum atomic E-state index is 13.3. The lowest BCUT2D eigenvalue weighted by atomic mass is 9.98. The van der Waals surface area contributed by atoms with Crippen LogP contribution in [0.15, 0.2) is 18.2 Å². The van der Waals surface area contributed by atoms with Gasteiger partial charge in [-0.2, -0.15) is 0 Å². The Hall–Kier alpha value is -1.38. The number of likely N-dealkylation sites (N-methyl/N-ethyl adjacent to an activating group) is 1. The van der Waals surface area contributed by atoms with Crippen LogP contribution in [0, 0.1) is 5.82 Å². The molecule has 1 heterocycles. The summed E-state index contributed by atoms with van der Waals surface area (Å²) in [6.45, 7) is 3.25. The molecule has 0 N–H and O–H groups in total. The van der Waals surface area contributed by atoms with Crippen molar-refractivity contribution in [3.05, 3.63) is 35.1 Å². The molecule has 1 amide bonds. The molecule has 1 aromatic rings. The van der Waals surface area contributed by atoms with E-state index in [0.717, 1.165) is 0 Å². The molecule has 0 bridgehead atoms. The average Bonchev–Trinajstić information content (AvgIpc) is 2.20. The second kappa shape index (κ2) is 3.40. The normalized spacial score (nSPS) is 15.6. The third-order valence-corrected chi connectivity index (χ3v) is 2.65. The Morgan fingerprint density at radius 1 is 1.50 bits per heavy atom. The number of carbonyl (C=O) groups excluding carboxylic acids is 1. The van der Waals surface area contributed by atoms with Crippen molar-refractivity contribution in [1.29, 1.82) is 0 Å². The zero-order valence-corrected chi connectivity index (χ0v) is 8.09. The number of benzene rings is 1. The van der Waals surface area contributed by atoms with E-state index in [1.54, 1.807) is 17.0 Å². The van der Waals surface area contributed by atoms with Gasteiger partial charge in [0.2, 0.25) is 0 Å². The van der Waals surface area contributed by atoms with Crippen LogP contribution in [0.1, 0.15) is 22.8 Å². The molecule has 0 atom stereocenters. The summed E-state index contributed by atoms with van der Waals surface area (Å²) in [4.78, 5) is 13.5. The minimum absolute atomic E-state index is 0.0479. The Morgan fingerprint density at radius 2 is 2.29 bits per heavy atom. The van der Waals surface area contributed by atoms with Crippen LogP contribution in [0.4, 0.5) is 4.39 Å². The molecule has 0 fully saturated rings. The number of amides is 1. The quantitative estimate of drug-likeness (QED) is 0.666. The first kappa shape index (κ1) is 9.19. The van der Waals surface area contributed by atoms with E-state index >= 15 is 0 Å². The van der Waals surface area contributed by atoms with Gasteiger partial charge in [0.15, 0.2) is 0 Å². The summed E-state index contributed by atoms with van der Waals surface area (Å²) >= 11 is 0. The second-order valence-corrected chi connectivity index (χ2v) is 3.40. The molecule has 1 aromatic carbocycles. The van der Waals surface area contributed by atoms with E-state index in [4.69, 9.17) is 0 Å². The van der Waals surface area contributed by atoms with Crippen molar-refractivity contribution >= 4 is 5.91 Å². The van der Waals surface area contributed by atoms with E-state index in [1.807, 2.05) is 6.92 Å². The van der Waals surface area contributed by atoms with E-state index in [0.29, 0.717) is 30.6 Å². The van der Waals surface area contributed by atoms with Crippen LogP contribution in [0.3, 0.4) is 0 Å². The van der Waals surface area contributed by atoms with Gasteiger partial charge in [0, 0.05) is 24.2 Å². The molecule has 74 valence electrons. The second-order valence-electron chi connectivity index (χ2n) is 3.40. The highest BCUT2D eigenvalue weighted by molar-refractivity contribution is 5.96. The average molecular weight is 193 g/mol. The number of fused-ring (bicyclic) bond motifs is 1. The van der Waals surface area contributed by atoms with Crippen LogP contribution >= 0.6 is 0 Å². The number of hydrogen-bond acceptors (Lipinski definition) is 1. The van der Waals surface area contributed by atoms with Gasteiger partial charge in [-0.05, 0) is 25.5 Å². The highest BCUT2D eigenvalue weighted by Gasteiger charge is 2.24. The Bertz CT molecular complexity index is 376. The zero-order valence-electron chi connectivity index (χ0n) is 8.09. The smallest absolute Gasteiger partial charge is 0.254 e. The molecule has 2 nitrogen and oxygen atoms in total. The molecule has 0 saturated carbocycles. The molecule has 0 radical (unpaired) electrons. The molecule has 0 aromatic heterocycles. The first-order chi connectivity index (χ1) is 6.74. The first-order valence-corrected chi connectivity index (χ1v) is 4.80. The van der Waals surface area contributed by atoms with Gasteiger partial charge < -0.3 is 4.90 Å². The van der Waals surface area contributed by atoms with Crippen LogP contribution in [0.5, 0.6) is 0 Å². The Kier molecular flexibility index (Phi) is 2.23. The number of rotatable bonds is 1. The van der Waals surface area contributed by atoms with Gasteiger partial charge in [-0.15, -0.1) is 0 Å². The molecule has 0 unspecified atom stereocenters. The summed E-state index contributed by atoms with van der Waals surface area (Å²) < 4.78 is 13.3. The maximum absolute atomic E-state index is 13.3. The largest absolute Gasteiger partial charge is 0.339 e. The number of halogens is 1. The predicted octanol–water partition coefficient (Wildman–Crippen LogP) is 1.84. The van der Waals surface area contributed by atoms with E-state index < -0.39 is 0 Å². The van der Waals surface area contributed by atoms with Gasteiger partial charge in [-0.25, -0.2) is 4.39 Å². The van der Waals surface area contributed by atoms with Crippen LogP contribution in [-0.2, 0) is 6.42 Å². The third kappa shape index (κ3) is 1.29. The van der Waals surface area contributed by atoms with E-state index in [1.165, 1.54) is 6.07 Å². The van der Waals surface area contributed by atoms with E-state index in [2.05, 4.69) is 0 Å². The minimum Gasteiger partial charge on any atom is -0.339 e. The fourth-order valence-corrected chi connectivity index (χ4v) is 1.83. The molecular formula is C11H12FNO. The van der Waals surface area contributed by atoms with Crippen molar-refractivity contribution < 1.29 is 9.18 Å². The summed E-state index contributed by atoms with van der Waals surface area (Å²) in [5.41, 5.74) is 1.10. The van der Waals surface area contributed by atoms with E-state index in [9.17, 15) is 9.18 Å². The SMILES string of the molecule is CCN1CCc2c(F)cccc2C1=O. The summed E-state index contributed by atoms with van der Waals surface area (Å²) in [6, 6.07) is 4.70. The topological polar surface area (TPSA) is 20.3 Å². The highest BCUT2D eigenvalue weighted by Crippen LogP contribution is 2.21. The Balaban J connectivity index is 2.46. The lowest BCUT2D eigenvalue weighted by Gasteiger charge is -2.27. The first-order valence-electron chi connectivity index (χ1n) is 4.80. The van der Waals surface area contributed by atoms with Crippen molar-refractivity contribution in [3.63, 3.8) is 0 Å². The molecule has 2 rings (SSSR count). The van der Waals surface area contributed by atoms with Crippen molar-refractivity contribution in [1.82, 2.24) is 4.90 Å². The third-order valence-electron chi connectivity index (χ3n) is 2.65. The molecule has 1 aliphatic heterocycles. The van der Waals surface area contributed by atoms with Gasteiger partial charge in [-0.1, -0.05) is 6.07 Å². The molecule has 1 aliphatic rings. The van der Waals surface area contributed by atoms with Gasteiger partial charge in [0.1, 0.15) is 5.82 Å². The van der Waals surface area contributed by atoms with Gasteiger partial charge in [0.05, 0.1) is 0 Å². The molecule has 0 aliphatic carbocycles. The summed E-state index contributed by atoms with van der Waals surface area (Å²) in [5, 5.41) is 0. The van der Waals surface area contributed by atoms with Crippen molar-refractivity contribution in [2.75, 3.05) is 13.1 Å². The van der Waals surface area contributed by atoms with Crippen LogP contribution in [0.25, 0.3) is 0 Å². The van der Waals surface area contributed by atoms with Crippen molar-refractivity contribution in [2.45, 2.75) is 13.3 Å². The van der Waals surface area contributed by atoms with Gasteiger partial charge >= 0.3 is 0 Å². The van der Waals surface area contributed by atoms with Crippen molar-refractivity contribution in [2.24, 2.45) is 0 Å². The molecule has 14 heavy (non-hydrogen) atoms. The number of hydrogen-bond donors (Lipinski definition) is 0. The van der Waals surface area contributed by atoms with Crippen LogP contribution < -0.4 is 0 Å². The standard InChI is InChI=1S/C11H12FNO/c1-2-13-7-6-8-9(11(13)14)4-3-5-10(8)12/h3-5H,2,6-7H2,1H3. The number of nitrogens with zero attached hydrogens (tertiary/aromatic N) is 1. The van der Waals surface area contributed by atoms with Gasteiger partial charge in [0.25, 0.3) is 5.91 Å². The molecule has 3 heteroatoms. The molecule has 0 saturated heterocycles. The lowest BCUT2D eigenvalue weighted by Crippen LogP contribution is -2.37. The maximum Gasteiger partial charge on any atom is 0.254 e. The monoisotopic (exact) mass is 193 g/mol. The summed E-state index contributed by atoms with van der Waals surface area (Å²) in [6.07, 6.45) is 0.627. The van der Waals surface area contributed by atoms with Crippen LogP contribution in [0.2, 0.25) is 0 Å². The number of carbonyl (C=O) groups is 1. The minimum atomic E-state index is -0.258. The summed E-state index contributed by atoms with van der Waals surface area (Å²) in [7, 11) is 0. The van der Waals surface area contributed by atoms with Crippen LogP contribution in [-0.4, -0.2) is 23.9 Å². The summed E-state index contributed by atoms with van der Waals surface area (Å²) in [5.74, 6) is -0.306. The van der Waals surface area contributed by atoms with Gasteiger partial charge in [-0.3, -0.25) is 4.79 Å². The zero-order chi connectivity index (χ0) is 10.1. The fourth-order valence-electron chi connectivity index (χ4n) is 1.83. The predicted molar refractivity (Wildman–Crippen MR) is 51.7 cm³/mol. The highest BCUT2D eigenvalue weighted by atomic mass is 19.1. The fraction of sp³-hybridized carbons (Fsp3) is 0.364. The Labute approximate surface area is 82.3 Å². The van der Waals surface area contributed by atoms with Crippen molar-refractivity contribution in [3.8, 4) is 0 Å². The lowest BCUT2D eigenvalue weighted by molar-refractivity contribution is 0.0747. The Morgan fingerprint density at radius 3 is 3.00 bits per heavy atom. The molecular weight excluding hydrogens is 181 g/mol. The molecule has 0 spiro atoms. The van der Waals surface area contributed by atoms with E-state index in [-0.39, 0.29) is 11.7 Å².